The van der Waals surface area contributed by atoms with Crippen LogP contribution in [0.3, 0.4) is 0 Å². The Labute approximate surface area is 126 Å². The molecule has 1 aromatic rings. The highest BCUT2D eigenvalue weighted by atomic mass is 16.5. The molecule has 3 atom stereocenters. The summed E-state index contributed by atoms with van der Waals surface area (Å²) in [4.78, 5) is 6.94. The van der Waals surface area contributed by atoms with Crippen LogP contribution in [0.2, 0.25) is 0 Å². The largest absolute Gasteiger partial charge is 0.393 e. The molecule has 21 heavy (non-hydrogen) atoms. The van der Waals surface area contributed by atoms with Gasteiger partial charge in [0.1, 0.15) is 0 Å². The Balaban J connectivity index is 1.63. The van der Waals surface area contributed by atoms with E-state index in [4.69, 9.17) is 4.52 Å². The van der Waals surface area contributed by atoms with Gasteiger partial charge in [-0.2, -0.15) is 4.98 Å². The minimum Gasteiger partial charge on any atom is -0.393 e. The van der Waals surface area contributed by atoms with E-state index in [1.807, 2.05) is 0 Å². The molecule has 0 radical (unpaired) electrons. The van der Waals surface area contributed by atoms with Crippen LogP contribution in [0.25, 0.3) is 0 Å². The Morgan fingerprint density at radius 2 is 2.10 bits per heavy atom. The van der Waals surface area contributed by atoms with E-state index in [2.05, 4.69) is 22.0 Å². The quantitative estimate of drug-likeness (QED) is 0.904. The van der Waals surface area contributed by atoms with Crippen molar-refractivity contribution >= 4 is 0 Å². The minimum atomic E-state index is -0.120. The molecule has 118 valence electrons. The first kappa shape index (κ1) is 15.0. The molecule has 2 heterocycles. The Hall–Kier alpha value is -0.940. The smallest absolute Gasteiger partial charge is 0.226 e. The number of hydrogen-bond donors (Lipinski definition) is 1. The summed E-state index contributed by atoms with van der Waals surface area (Å²) in [6.45, 7) is 3.97. The van der Waals surface area contributed by atoms with E-state index in [0.717, 1.165) is 50.5 Å². The van der Waals surface area contributed by atoms with Crippen LogP contribution in [-0.2, 0) is 13.0 Å². The molecule has 1 saturated heterocycles. The third-order valence-electron chi connectivity index (χ3n) is 5.01. The Morgan fingerprint density at radius 3 is 2.90 bits per heavy atom. The van der Waals surface area contributed by atoms with Gasteiger partial charge in [-0.15, -0.1) is 0 Å². The molecule has 0 bridgehead atoms. The second kappa shape index (κ2) is 6.88. The molecule has 3 rings (SSSR count). The maximum Gasteiger partial charge on any atom is 0.226 e. The Bertz CT molecular complexity index is 448. The van der Waals surface area contributed by atoms with Gasteiger partial charge in [0.15, 0.2) is 5.82 Å². The molecule has 0 spiro atoms. The second-order valence-corrected chi connectivity index (χ2v) is 6.55. The van der Waals surface area contributed by atoms with E-state index < -0.39 is 0 Å². The SMILES string of the molecule is CCCc1nc(CN2CCCC2C2CCCCC2O)no1. The summed E-state index contributed by atoms with van der Waals surface area (Å²) in [5.41, 5.74) is 0. The highest BCUT2D eigenvalue weighted by Gasteiger charge is 2.37. The van der Waals surface area contributed by atoms with Crippen molar-refractivity contribution in [1.82, 2.24) is 15.0 Å². The number of aromatic nitrogens is 2. The third kappa shape index (κ3) is 3.46. The molecule has 1 saturated carbocycles. The molecule has 3 unspecified atom stereocenters. The molecular weight excluding hydrogens is 266 g/mol. The zero-order valence-electron chi connectivity index (χ0n) is 13.0. The zero-order valence-corrected chi connectivity index (χ0v) is 13.0. The van der Waals surface area contributed by atoms with Crippen LogP contribution >= 0.6 is 0 Å². The number of aliphatic hydroxyl groups is 1. The van der Waals surface area contributed by atoms with E-state index in [1.54, 1.807) is 0 Å². The lowest BCUT2D eigenvalue weighted by molar-refractivity contribution is 0.0194. The molecule has 1 aromatic heterocycles. The summed E-state index contributed by atoms with van der Waals surface area (Å²) in [5.74, 6) is 1.99. The Kier molecular flexibility index (Phi) is 4.91. The fourth-order valence-corrected chi connectivity index (χ4v) is 3.97. The van der Waals surface area contributed by atoms with Gasteiger partial charge in [0.05, 0.1) is 12.6 Å². The number of aryl methyl sites for hydroxylation is 1. The summed E-state index contributed by atoms with van der Waals surface area (Å²) in [6.07, 6.45) is 8.75. The van der Waals surface area contributed by atoms with Gasteiger partial charge in [0, 0.05) is 18.4 Å². The number of likely N-dealkylation sites (tertiary alicyclic amines) is 1. The fourth-order valence-electron chi connectivity index (χ4n) is 3.97. The molecule has 0 amide bonds. The Morgan fingerprint density at radius 1 is 1.24 bits per heavy atom. The van der Waals surface area contributed by atoms with E-state index in [9.17, 15) is 5.11 Å². The lowest BCUT2D eigenvalue weighted by Crippen LogP contribution is -2.42. The molecule has 2 aliphatic rings. The maximum atomic E-state index is 10.3. The fraction of sp³-hybridized carbons (Fsp3) is 0.875. The van der Waals surface area contributed by atoms with Gasteiger partial charge in [-0.3, -0.25) is 4.90 Å². The molecule has 0 aromatic carbocycles. The van der Waals surface area contributed by atoms with Gasteiger partial charge in [0.25, 0.3) is 0 Å². The first-order valence-electron chi connectivity index (χ1n) is 8.51. The number of hydrogen-bond acceptors (Lipinski definition) is 5. The second-order valence-electron chi connectivity index (χ2n) is 6.55. The van der Waals surface area contributed by atoms with E-state index >= 15 is 0 Å². The molecule has 5 heteroatoms. The van der Waals surface area contributed by atoms with Crippen molar-refractivity contribution in [3.8, 4) is 0 Å². The first-order chi connectivity index (χ1) is 10.3. The van der Waals surface area contributed by atoms with Crippen molar-refractivity contribution in [3.05, 3.63) is 11.7 Å². The lowest BCUT2D eigenvalue weighted by atomic mass is 9.80. The predicted molar refractivity (Wildman–Crippen MR) is 79.7 cm³/mol. The maximum absolute atomic E-state index is 10.3. The summed E-state index contributed by atoms with van der Waals surface area (Å²) in [7, 11) is 0. The van der Waals surface area contributed by atoms with Crippen LogP contribution in [0.1, 0.15) is 63.6 Å². The summed E-state index contributed by atoms with van der Waals surface area (Å²) >= 11 is 0. The molecule has 2 fully saturated rings. The minimum absolute atomic E-state index is 0.120. The monoisotopic (exact) mass is 293 g/mol. The van der Waals surface area contributed by atoms with Crippen molar-refractivity contribution in [2.45, 2.75) is 77.0 Å². The van der Waals surface area contributed by atoms with Gasteiger partial charge in [-0.1, -0.05) is 24.9 Å². The zero-order chi connectivity index (χ0) is 14.7. The van der Waals surface area contributed by atoms with Crippen LogP contribution in [0.15, 0.2) is 4.52 Å². The average molecular weight is 293 g/mol. The number of rotatable bonds is 5. The normalized spacial score (nSPS) is 30.9. The van der Waals surface area contributed by atoms with Crippen LogP contribution in [0.5, 0.6) is 0 Å². The highest BCUT2D eigenvalue weighted by molar-refractivity contribution is 4.94. The number of nitrogens with zero attached hydrogens (tertiary/aromatic N) is 3. The average Bonchev–Trinajstić information content (AvgIpc) is 3.10. The molecule has 1 aliphatic carbocycles. The van der Waals surface area contributed by atoms with E-state index in [1.165, 1.54) is 25.7 Å². The van der Waals surface area contributed by atoms with Gasteiger partial charge >= 0.3 is 0 Å². The van der Waals surface area contributed by atoms with E-state index in [0.29, 0.717) is 12.0 Å². The molecule has 5 nitrogen and oxygen atoms in total. The lowest BCUT2D eigenvalue weighted by Gasteiger charge is -2.36. The van der Waals surface area contributed by atoms with Crippen LogP contribution in [-0.4, -0.2) is 38.8 Å². The summed E-state index contributed by atoms with van der Waals surface area (Å²) in [5, 5.41) is 14.4. The van der Waals surface area contributed by atoms with Crippen molar-refractivity contribution in [1.29, 1.82) is 0 Å². The standard InChI is InChI=1S/C16H27N3O2/c1-2-6-16-17-15(18-21-16)11-19-10-5-8-13(19)12-7-3-4-9-14(12)20/h12-14,20H,2-11H2,1H3. The third-order valence-corrected chi connectivity index (χ3v) is 5.01. The van der Waals surface area contributed by atoms with Gasteiger partial charge < -0.3 is 9.63 Å². The van der Waals surface area contributed by atoms with Crippen LogP contribution in [0, 0.1) is 5.92 Å². The van der Waals surface area contributed by atoms with Crippen molar-refractivity contribution < 1.29 is 9.63 Å². The van der Waals surface area contributed by atoms with Gasteiger partial charge in [-0.05, 0) is 38.6 Å². The molecule has 1 aliphatic heterocycles. The van der Waals surface area contributed by atoms with E-state index in [-0.39, 0.29) is 6.10 Å². The van der Waals surface area contributed by atoms with Gasteiger partial charge in [-0.25, -0.2) is 0 Å². The highest BCUT2D eigenvalue weighted by Crippen LogP contribution is 2.35. The molecular formula is C16H27N3O2. The summed E-state index contributed by atoms with van der Waals surface area (Å²) in [6, 6.07) is 0.494. The topological polar surface area (TPSA) is 62.4 Å². The van der Waals surface area contributed by atoms with Crippen molar-refractivity contribution in [2.24, 2.45) is 5.92 Å². The van der Waals surface area contributed by atoms with Crippen molar-refractivity contribution in [3.63, 3.8) is 0 Å². The number of aliphatic hydroxyl groups excluding tert-OH is 1. The van der Waals surface area contributed by atoms with Crippen LogP contribution in [0.4, 0.5) is 0 Å². The van der Waals surface area contributed by atoms with Crippen molar-refractivity contribution in [2.75, 3.05) is 6.54 Å². The predicted octanol–water partition coefficient (Wildman–Crippen LogP) is 2.54. The summed E-state index contributed by atoms with van der Waals surface area (Å²) < 4.78 is 5.28. The first-order valence-corrected chi connectivity index (χ1v) is 8.51. The van der Waals surface area contributed by atoms with Gasteiger partial charge in [0.2, 0.25) is 5.89 Å². The van der Waals surface area contributed by atoms with Crippen LogP contribution < -0.4 is 0 Å². The molecule has 1 N–H and O–H groups in total.